The van der Waals surface area contributed by atoms with Crippen molar-refractivity contribution >= 4 is 27.3 Å². The molecule has 0 aliphatic heterocycles. The molecule has 1 heterocycles. The number of hydrogen-bond acceptors (Lipinski definition) is 3. The number of hydrogen-bond donors (Lipinski definition) is 1. The molecule has 0 saturated heterocycles. The molecule has 1 aromatic carbocycles. The Morgan fingerprint density at radius 1 is 1.22 bits per heavy atom. The van der Waals surface area contributed by atoms with Crippen LogP contribution in [0.4, 0.5) is 8.78 Å². The minimum atomic E-state index is -0.935. The molecule has 0 bridgehead atoms. The molecule has 6 heteroatoms. The van der Waals surface area contributed by atoms with Gasteiger partial charge in [0, 0.05) is 17.5 Å². The maximum Gasteiger partial charge on any atom is 0.162 e. The van der Waals surface area contributed by atoms with Gasteiger partial charge in [-0.1, -0.05) is 0 Å². The zero-order valence-electron chi connectivity index (χ0n) is 9.20. The standard InChI is InChI=1S/C12H10BrF2NOS/c13-12-4-3-11(18-12)10(6-16)17-7-1-2-8(14)9(15)5-7/h1-5,10H,6,16H2. The Balaban J connectivity index is 2.17. The van der Waals surface area contributed by atoms with Crippen LogP contribution in [0.2, 0.25) is 0 Å². The molecular weight excluding hydrogens is 324 g/mol. The number of thiophene rings is 1. The van der Waals surface area contributed by atoms with Gasteiger partial charge in [-0.15, -0.1) is 11.3 Å². The molecule has 0 radical (unpaired) electrons. The largest absolute Gasteiger partial charge is 0.483 e. The molecule has 0 saturated carbocycles. The molecule has 0 fully saturated rings. The Kier molecular flexibility index (Phi) is 4.31. The highest BCUT2D eigenvalue weighted by Gasteiger charge is 2.15. The Morgan fingerprint density at radius 3 is 2.56 bits per heavy atom. The predicted molar refractivity (Wildman–Crippen MR) is 70.8 cm³/mol. The Hall–Kier alpha value is -0.980. The fourth-order valence-electron chi connectivity index (χ4n) is 1.44. The number of rotatable bonds is 4. The third kappa shape index (κ3) is 3.07. The van der Waals surface area contributed by atoms with Crippen LogP contribution < -0.4 is 10.5 Å². The van der Waals surface area contributed by atoms with E-state index in [1.165, 1.54) is 17.4 Å². The van der Waals surface area contributed by atoms with Crippen molar-refractivity contribution in [2.45, 2.75) is 6.10 Å². The van der Waals surface area contributed by atoms with E-state index in [-0.39, 0.29) is 18.4 Å². The van der Waals surface area contributed by atoms with Gasteiger partial charge in [-0.2, -0.15) is 0 Å². The lowest BCUT2D eigenvalue weighted by Crippen LogP contribution is -2.17. The SMILES string of the molecule is NCC(Oc1ccc(F)c(F)c1)c1ccc(Br)s1. The lowest BCUT2D eigenvalue weighted by Gasteiger charge is -2.16. The molecule has 1 aromatic heterocycles. The van der Waals surface area contributed by atoms with Crippen molar-refractivity contribution in [3.05, 3.63) is 50.6 Å². The summed E-state index contributed by atoms with van der Waals surface area (Å²) < 4.78 is 32.4. The maximum absolute atomic E-state index is 13.0. The number of halogens is 3. The Bertz CT molecular complexity index is 547. The molecule has 1 unspecified atom stereocenters. The normalized spacial score (nSPS) is 12.4. The van der Waals surface area contributed by atoms with E-state index in [1.807, 2.05) is 12.1 Å². The lowest BCUT2D eigenvalue weighted by atomic mass is 10.2. The minimum absolute atomic E-state index is 0.256. The molecule has 96 valence electrons. The summed E-state index contributed by atoms with van der Waals surface area (Å²) in [7, 11) is 0. The van der Waals surface area contributed by atoms with Gasteiger partial charge in [-0.05, 0) is 40.2 Å². The van der Waals surface area contributed by atoms with E-state index in [1.54, 1.807) is 0 Å². The van der Waals surface area contributed by atoms with E-state index in [2.05, 4.69) is 15.9 Å². The first kappa shape index (κ1) is 13.5. The number of nitrogens with two attached hydrogens (primary N) is 1. The third-order valence-corrected chi connectivity index (χ3v) is 4.01. The highest BCUT2D eigenvalue weighted by Crippen LogP contribution is 2.30. The summed E-state index contributed by atoms with van der Waals surface area (Å²) in [5.74, 6) is -1.57. The highest BCUT2D eigenvalue weighted by molar-refractivity contribution is 9.11. The van der Waals surface area contributed by atoms with Gasteiger partial charge < -0.3 is 10.5 Å². The second kappa shape index (κ2) is 5.77. The molecule has 2 rings (SSSR count). The van der Waals surface area contributed by atoms with Crippen LogP contribution in [-0.2, 0) is 0 Å². The fraction of sp³-hybridized carbons (Fsp3) is 0.167. The summed E-state index contributed by atoms with van der Waals surface area (Å²) in [5.41, 5.74) is 5.63. The van der Waals surface area contributed by atoms with Gasteiger partial charge in [0.25, 0.3) is 0 Å². The molecule has 2 N–H and O–H groups in total. The second-order valence-electron chi connectivity index (χ2n) is 3.56. The first-order chi connectivity index (χ1) is 8.60. The van der Waals surface area contributed by atoms with Crippen LogP contribution in [0.5, 0.6) is 5.75 Å². The van der Waals surface area contributed by atoms with Gasteiger partial charge in [0.15, 0.2) is 11.6 Å². The van der Waals surface area contributed by atoms with Crippen molar-refractivity contribution in [3.63, 3.8) is 0 Å². The van der Waals surface area contributed by atoms with E-state index < -0.39 is 11.6 Å². The van der Waals surface area contributed by atoms with E-state index in [4.69, 9.17) is 10.5 Å². The van der Waals surface area contributed by atoms with Crippen LogP contribution in [0.1, 0.15) is 11.0 Å². The molecular formula is C12H10BrF2NOS. The predicted octanol–water partition coefficient (Wildman–Crippen LogP) is 3.87. The van der Waals surface area contributed by atoms with Crippen molar-refractivity contribution in [1.82, 2.24) is 0 Å². The zero-order chi connectivity index (χ0) is 13.1. The first-order valence-corrected chi connectivity index (χ1v) is 6.78. The average molecular weight is 334 g/mol. The number of benzene rings is 1. The van der Waals surface area contributed by atoms with Crippen LogP contribution in [0, 0.1) is 11.6 Å². The van der Waals surface area contributed by atoms with Crippen molar-refractivity contribution in [1.29, 1.82) is 0 Å². The van der Waals surface area contributed by atoms with Crippen LogP contribution in [0.15, 0.2) is 34.1 Å². The molecule has 1 atom stereocenters. The summed E-state index contributed by atoms with van der Waals surface area (Å²) in [6.07, 6.45) is -0.369. The molecule has 2 aromatic rings. The summed E-state index contributed by atoms with van der Waals surface area (Å²) in [4.78, 5) is 0.925. The zero-order valence-corrected chi connectivity index (χ0v) is 11.6. The van der Waals surface area contributed by atoms with Crippen molar-refractivity contribution in [2.75, 3.05) is 6.54 Å². The summed E-state index contributed by atoms with van der Waals surface area (Å²) >= 11 is 4.84. The van der Waals surface area contributed by atoms with Crippen molar-refractivity contribution in [2.24, 2.45) is 5.73 Å². The molecule has 0 spiro atoms. The van der Waals surface area contributed by atoms with Crippen LogP contribution in [-0.4, -0.2) is 6.54 Å². The van der Waals surface area contributed by atoms with Crippen LogP contribution in [0.3, 0.4) is 0 Å². The summed E-state index contributed by atoms with van der Waals surface area (Å²) in [6, 6.07) is 7.19. The second-order valence-corrected chi connectivity index (χ2v) is 6.05. The fourth-order valence-corrected chi connectivity index (χ4v) is 2.90. The highest BCUT2D eigenvalue weighted by atomic mass is 79.9. The maximum atomic E-state index is 13.0. The average Bonchev–Trinajstić information content (AvgIpc) is 2.77. The Labute approximate surface area is 116 Å². The summed E-state index contributed by atoms with van der Waals surface area (Å²) in [6.45, 7) is 0.256. The Morgan fingerprint density at radius 2 is 2.00 bits per heavy atom. The van der Waals surface area contributed by atoms with Gasteiger partial charge in [0.05, 0.1) is 3.79 Å². The van der Waals surface area contributed by atoms with Gasteiger partial charge in [-0.3, -0.25) is 0 Å². The van der Waals surface area contributed by atoms with Gasteiger partial charge in [-0.25, -0.2) is 8.78 Å². The first-order valence-electron chi connectivity index (χ1n) is 5.17. The van der Waals surface area contributed by atoms with Gasteiger partial charge in [0.2, 0.25) is 0 Å². The molecule has 18 heavy (non-hydrogen) atoms. The van der Waals surface area contributed by atoms with E-state index in [9.17, 15) is 8.78 Å². The minimum Gasteiger partial charge on any atom is -0.483 e. The molecule has 2 nitrogen and oxygen atoms in total. The van der Waals surface area contributed by atoms with Crippen LogP contribution >= 0.6 is 27.3 Å². The van der Waals surface area contributed by atoms with Crippen LogP contribution in [0.25, 0.3) is 0 Å². The smallest absolute Gasteiger partial charge is 0.162 e. The van der Waals surface area contributed by atoms with Gasteiger partial charge >= 0.3 is 0 Å². The quantitative estimate of drug-likeness (QED) is 0.921. The monoisotopic (exact) mass is 333 g/mol. The van der Waals surface area contributed by atoms with E-state index in [0.717, 1.165) is 20.8 Å². The van der Waals surface area contributed by atoms with E-state index in [0.29, 0.717) is 0 Å². The molecule has 0 amide bonds. The molecule has 0 aliphatic rings. The number of ether oxygens (including phenoxy) is 1. The van der Waals surface area contributed by atoms with E-state index >= 15 is 0 Å². The van der Waals surface area contributed by atoms with Gasteiger partial charge in [0.1, 0.15) is 11.9 Å². The topological polar surface area (TPSA) is 35.2 Å². The third-order valence-electron chi connectivity index (χ3n) is 2.29. The lowest BCUT2D eigenvalue weighted by molar-refractivity contribution is 0.216. The molecule has 0 aliphatic carbocycles. The van der Waals surface area contributed by atoms with Crippen molar-refractivity contribution in [3.8, 4) is 5.75 Å². The van der Waals surface area contributed by atoms with Crippen molar-refractivity contribution < 1.29 is 13.5 Å². The summed E-state index contributed by atoms with van der Waals surface area (Å²) in [5, 5.41) is 0.